The number of alkyl halides is 3. The SMILES string of the molecule is CC[C@H](NC(=O)c1cn(-c2ncc(F)cc2F)c2nc(Cl)ccc2c1=O)C(F)(F)F. The van der Waals surface area contributed by atoms with Gasteiger partial charge in [0.1, 0.15) is 22.6 Å². The van der Waals surface area contributed by atoms with Crippen LogP contribution in [0.4, 0.5) is 22.0 Å². The molecule has 0 aliphatic heterocycles. The summed E-state index contributed by atoms with van der Waals surface area (Å²) in [4.78, 5) is 32.7. The molecule has 3 aromatic rings. The van der Waals surface area contributed by atoms with Gasteiger partial charge in [-0.2, -0.15) is 13.2 Å². The number of hydrogen-bond acceptors (Lipinski definition) is 4. The lowest BCUT2D eigenvalue weighted by Crippen LogP contribution is -2.46. The van der Waals surface area contributed by atoms with Crippen LogP contribution in [-0.2, 0) is 0 Å². The zero-order chi connectivity index (χ0) is 22.2. The minimum Gasteiger partial charge on any atom is -0.340 e. The highest BCUT2D eigenvalue weighted by atomic mass is 35.5. The number of halogens is 6. The van der Waals surface area contributed by atoms with Crippen LogP contribution in [0.5, 0.6) is 0 Å². The van der Waals surface area contributed by atoms with Crippen LogP contribution in [0, 0.1) is 11.6 Å². The first-order chi connectivity index (χ1) is 14.0. The predicted molar refractivity (Wildman–Crippen MR) is 97.7 cm³/mol. The van der Waals surface area contributed by atoms with Crippen molar-refractivity contribution in [3.05, 3.63) is 63.2 Å². The van der Waals surface area contributed by atoms with Crippen molar-refractivity contribution < 1.29 is 26.7 Å². The summed E-state index contributed by atoms with van der Waals surface area (Å²) < 4.78 is 67.4. The first-order valence-corrected chi connectivity index (χ1v) is 8.81. The first-order valence-electron chi connectivity index (χ1n) is 8.43. The number of rotatable bonds is 4. The highest BCUT2D eigenvalue weighted by Gasteiger charge is 2.39. The Morgan fingerprint density at radius 1 is 1.30 bits per heavy atom. The topological polar surface area (TPSA) is 76.9 Å². The molecule has 0 fully saturated rings. The summed E-state index contributed by atoms with van der Waals surface area (Å²) >= 11 is 5.83. The van der Waals surface area contributed by atoms with Gasteiger partial charge in [-0.25, -0.2) is 18.7 Å². The maximum atomic E-state index is 14.3. The number of fused-ring (bicyclic) bond motifs is 1. The van der Waals surface area contributed by atoms with E-state index in [9.17, 15) is 31.5 Å². The third-order valence-corrected chi connectivity index (χ3v) is 4.40. The average molecular weight is 447 g/mol. The van der Waals surface area contributed by atoms with E-state index in [0.29, 0.717) is 12.3 Å². The van der Waals surface area contributed by atoms with Gasteiger partial charge in [0.2, 0.25) is 5.43 Å². The van der Waals surface area contributed by atoms with Crippen LogP contribution in [0.15, 0.2) is 35.4 Å². The summed E-state index contributed by atoms with van der Waals surface area (Å²) in [6, 6.07) is 0.712. The van der Waals surface area contributed by atoms with Crippen molar-refractivity contribution in [3.8, 4) is 5.82 Å². The number of nitrogens with one attached hydrogen (secondary N) is 1. The number of nitrogens with zero attached hydrogens (tertiary/aromatic N) is 3. The maximum Gasteiger partial charge on any atom is 0.408 e. The third-order valence-electron chi connectivity index (χ3n) is 4.19. The number of pyridine rings is 3. The second-order valence-corrected chi connectivity index (χ2v) is 6.57. The largest absolute Gasteiger partial charge is 0.408 e. The molecule has 0 saturated carbocycles. The van der Waals surface area contributed by atoms with E-state index in [0.717, 1.165) is 10.8 Å². The van der Waals surface area contributed by atoms with Crippen molar-refractivity contribution in [1.82, 2.24) is 19.9 Å². The highest BCUT2D eigenvalue weighted by Crippen LogP contribution is 2.23. The smallest absolute Gasteiger partial charge is 0.340 e. The molecule has 0 saturated heterocycles. The van der Waals surface area contributed by atoms with Crippen molar-refractivity contribution in [1.29, 1.82) is 0 Å². The van der Waals surface area contributed by atoms with Gasteiger partial charge in [0.15, 0.2) is 17.3 Å². The Bertz CT molecular complexity index is 1200. The number of aromatic nitrogens is 3. The molecule has 12 heteroatoms. The second kappa shape index (κ2) is 7.98. The monoisotopic (exact) mass is 446 g/mol. The van der Waals surface area contributed by atoms with Gasteiger partial charge in [-0.15, -0.1) is 0 Å². The van der Waals surface area contributed by atoms with Gasteiger partial charge in [0.25, 0.3) is 5.91 Å². The molecule has 0 aliphatic rings. The number of carbonyl (C=O) groups is 1. The highest BCUT2D eigenvalue weighted by molar-refractivity contribution is 6.29. The van der Waals surface area contributed by atoms with Gasteiger partial charge < -0.3 is 5.32 Å². The number of carbonyl (C=O) groups excluding carboxylic acids is 1. The molecule has 3 rings (SSSR count). The zero-order valence-corrected chi connectivity index (χ0v) is 15.9. The quantitative estimate of drug-likeness (QED) is 0.489. The zero-order valence-electron chi connectivity index (χ0n) is 15.1. The minimum absolute atomic E-state index is 0.0847. The second-order valence-electron chi connectivity index (χ2n) is 6.18. The summed E-state index contributed by atoms with van der Waals surface area (Å²) in [7, 11) is 0. The lowest BCUT2D eigenvalue weighted by Gasteiger charge is -2.20. The van der Waals surface area contributed by atoms with E-state index in [4.69, 9.17) is 11.6 Å². The average Bonchev–Trinajstić information content (AvgIpc) is 2.66. The Morgan fingerprint density at radius 2 is 2.00 bits per heavy atom. The van der Waals surface area contributed by atoms with E-state index in [1.165, 1.54) is 19.1 Å². The Morgan fingerprint density at radius 3 is 2.60 bits per heavy atom. The van der Waals surface area contributed by atoms with Crippen molar-refractivity contribution in [3.63, 3.8) is 0 Å². The molecule has 3 heterocycles. The van der Waals surface area contributed by atoms with Crippen LogP contribution in [0.1, 0.15) is 23.7 Å². The predicted octanol–water partition coefficient (Wildman–Crippen LogP) is 3.78. The molecule has 0 bridgehead atoms. The molecule has 0 unspecified atom stereocenters. The van der Waals surface area contributed by atoms with Crippen molar-refractivity contribution in [2.24, 2.45) is 0 Å². The van der Waals surface area contributed by atoms with E-state index in [-0.39, 0.29) is 16.2 Å². The van der Waals surface area contributed by atoms with Crippen LogP contribution in [0.25, 0.3) is 16.9 Å². The van der Waals surface area contributed by atoms with E-state index >= 15 is 0 Å². The van der Waals surface area contributed by atoms with Crippen molar-refractivity contribution in [2.75, 3.05) is 0 Å². The van der Waals surface area contributed by atoms with Gasteiger partial charge in [-0.3, -0.25) is 14.2 Å². The van der Waals surface area contributed by atoms with Crippen LogP contribution < -0.4 is 10.7 Å². The fraction of sp³-hybridized carbons (Fsp3) is 0.222. The molecule has 0 aromatic carbocycles. The molecule has 0 aliphatic carbocycles. The minimum atomic E-state index is -4.74. The summed E-state index contributed by atoms with van der Waals surface area (Å²) in [5.74, 6) is -4.00. The molecule has 0 spiro atoms. The summed E-state index contributed by atoms with van der Waals surface area (Å²) in [5.41, 5.74) is -1.87. The van der Waals surface area contributed by atoms with Crippen molar-refractivity contribution in [2.45, 2.75) is 25.6 Å². The Labute approximate surface area is 170 Å². The van der Waals surface area contributed by atoms with Crippen LogP contribution in [0.3, 0.4) is 0 Å². The number of hydrogen-bond donors (Lipinski definition) is 1. The van der Waals surface area contributed by atoms with Gasteiger partial charge in [0.05, 0.1) is 11.6 Å². The maximum absolute atomic E-state index is 14.3. The fourth-order valence-corrected chi connectivity index (χ4v) is 2.88. The van der Waals surface area contributed by atoms with Crippen LogP contribution in [0.2, 0.25) is 5.15 Å². The summed E-state index contributed by atoms with van der Waals surface area (Å²) in [6.45, 7) is 1.21. The molecule has 0 radical (unpaired) electrons. The number of amides is 1. The molecule has 1 N–H and O–H groups in total. The van der Waals surface area contributed by atoms with Gasteiger partial charge in [0, 0.05) is 12.3 Å². The molecule has 6 nitrogen and oxygen atoms in total. The van der Waals surface area contributed by atoms with E-state index in [1.807, 2.05) is 0 Å². The summed E-state index contributed by atoms with van der Waals surface area (Å²) in [6.07, 6.45) is -3.73. The lowest BCUT2D eigenvalue weighted by atomic mass is 10.1. The summed E-state index contributed by atoms with van der Waals surface area (Å²) in [5, 5.41) is 1.44. The third kappa shape index (κ3) is 4.11. The van der Waals surface area contributed by atoms with E-state index in [2.05, 4.69) is 9.97 Å². The molecule has 158 valence electrons. The fourth-order valence-electron chi connectivity index (χ4n) is 2.74. The van der Waals surface area contributed by atoms with Gasteiger partial charge >= 0.3 is 6.18 Å². The van der Waals surface area contributed by atoms with Crippen molar-refractivity contribution >= 4 is 28.5 Å². The van der Waals surface area contributed by atoms with Crippen LogP contribution >= 0.6 is 11.6 Å². The molecule has 1 amide bonds. The molecular weight excluding hydrogens is 435 g/mol. The Kier molecular flexibility index (Phi) is 5.75. The van der Waals surface area contributed by atoms with E-state index < -0.39 is 53.0 Å². The van der Waals surface area contributed by atoms with E-state index in [1.54, 1.807) is 5.32 Å². The molecule has 30 heavy (non-hydrogen) atoms. The molecular formula is C18H12ClF5N4O2. The Hall–Kier alpha value is -3.08. The molecule has 1 atom stereocenters. The standard InChI is InChI=1S/C18H12ClF5N4O2/c1-2-12(18(22,23)24)26-17(30)10-7-28(16-11(21)5-8(20)6-25-16)15-9(14(10)29)3-4-13(19)27-15/h3-7,12H,2H2,1H3,(H,26,30)/t12-/m0/s1. The van der Waals surface area contributed by atoms with Crippen LogP contribution in [-0.4, -0.2) is 32.7 Å². The lowest BCUT2D eigenvalue weighted by molar-refractivity contribution is -0.153. The first kappa shape index (κ1) is 21.6. The Balaban J connectivity index is 2.24. The van der Waals surface area contributed by atoms with Gasteiger partial charge in [-0.05, 0) is 18.6 Å². The molecule has 3 aromatic heterocycles. The van der Waals surface area contributed by atoms with Gasteiger partial charge in [-0.1, -0.05) is 18.5 Å². The normalized spacial score (nSPS) is 12.8.